The van der Waals surface area contributed by atoms with E-state index < -0.39 is 0 Å². The van der Waals surface area contributed by atoms with Crippen LogP contribution in [0.4, 0.5) is 0 Å². The fraction of sp³-hybridized carbons (Fsp3) is 0.923. The number of carbonyl (C=O) groups excluding carboxylic acids is 1. The van der Waals surface area contributed by atoms with E-state index in [9.17, 15) is 4.79 Å². The van der Waals surface area contributed by atoms with Gasteiger partial charge in [0.15, 0.2) is 0 Å². The smallest absolute Gasteiger partial charge is 0.236 e. The maximum Gasteiger partial charge on any atom is 0.236 e. The molecule has 0 aromatic carbocycles. The molecule has 106 valence electrons. The number of likely N-dealkylation sites (N-methyl/N-ethyl adjacent to an activating group) is 1. The second-order valence-electron chi connectivity index (χ2n) is 5.29. The molecule has 1 unspecified atom stereocenters. The Kier molecular flexibility index (Phi) is 6.60. The number of ether oxygens (including phenoxy) is 1. The summed E-state index contributed by atoms with van der Waals surface area (Å²) in [5, 5.41) is 3.52. The Labute approximate surface area is 110 Å². The molecule has 0 spiro atoms. The standard InChI is InChI=1S/C13H27N3O2/c1-11(18-4)9-14-12-5-7-16(8-6-12)10-13(17)15(2)3/h11-12,14H,5-10H2,1-4H3. The molecule has 18 heavy (non-hydrogen) atoms. The van der Waals surface area contributed by atoms with E-state index in [0.717, 1.165) is 32.5 Å². The zero-order chi connectivity index (χ0) is 13.5. The van der Waals surface area contributed by atoms with Gasteiger partial charge in [0.05, 0.1) is 12.6 Å². The Bertz CT molecular complexity index is 251. The molecule has 0 saturated carbocycles. The zero-order valence-electron chi connectivity index (χ0n) is 12.1. The van der Waals surface area contributed by atoms with Crippen LogP contribution in [0.2, 0.25) is 0 Å². The molecule has 1 fully saturated rings. The Balaban J connectivity index is 2.18. The number of nitrogens with zero attached hydrogens (tertiary/aromatic N) is 2. The minimum Gasteiger partial charge on any atom is -0.380 e. The van der Waals surface area contributed by atoms with Crippen LogP contribution >= 0.6 is 0 Å². The number of nitrogens with one attached hydrogen (secondary N) is 1. The zero-order valence-corrected chi connectivity index (χ0v) is 12.1. The lowest BCUT2D eigenvalue weighted by Crippen LogP contribution is -2.47. The lowest BCUT2D eigenvalue weighted by Gasteiger charge is -2.33. The molecule has 1 saturated heterocycles. The van der Waals surface area contributed by atoms with Gasteiger partial charge in [0.1, 0.15) is 0 Å². The second-order valence-corrected chi connectivity index (χ2v) is 5.29. The summed E-state index contributed by atoms with van der Waals surface area (Å²) in [6, 6.07) is 0.563. The molecule has 5 nitrogen and oxygen atoms in total. The van der Waals surface area contributed by atoms with E-state index in [1.54, 1.807) is 12.0 Å². The van der Waals surface area contributed by atoms with Gasteiger partial charge < -0.3 is 15.0 Å². The highest BCUT2D eigenvalue weighted by atomic mass is 16.5. The van der Waals surface area contributed by atoms with Gasteiger partial charge in [0.25, 0.3) is 0 Å². The van der Waals surface area contributed by atoms with Crippen LogP contribution in [-0.4, -0.2) is 75.2 Å². The number of hydrogen-bond donors (Lipinski definition) is 1. The Hall–Kier alpha value is -0.650. The minimum atomic E-state index is 0.189. The number of amides is 1. The van der Waals surface area contributed by atoms with Crippen molar-refractivity contribution in [2.75, 3.05) is 47.4 Å². The maximum atomic E-state index is 11.6. The van der Waals surface area contributed by atoms with E-state index in [0.29, 0.717) is 12.6 Å². The summed E-state index contributed by atoms with van der Waals surface area (Å²) < 4.78 is 5.22. The van der Waals surface area contributed by atoms with Crippen LogP contribution in [0.1, 0.15) is 19.8 Å². The minimum absolute atomic E-state index is 0.189. The van der Waals surface area contributed by atoms with Gasteiger partial charge in [-0.2, -0.15) is 0 Å². The Morgan fingerprint density at radius 2 is 2.06 bits per heavy atom. The summed E-state index contributed by atoms with van der Waals surface area (Å²) >= 11 is 0. The van der Waals surface area contributed by atoms with E-state index in [4.69, 9.17) is 4.74 Å². The second kappa shape index (κ2) is 7.71. The summed E-state index contributed by atoms with van der Waals surface area (Å²) in [6.45, 7) is 5.51. The van der Waals surface area contributed by atoms with E-state index in [-0.39, 0.29) is 12.0 Å². The molecule has 5 heteroatoms. The molecule has 1 heterocycles. The van der Waals surface area contributed by atoms with E-state index in [2.05, 4.69) is 17.1 Å². The molecule has 1 amide bonds. The molecule has 0 aromatic heterocycles. The van der Waals surface area contributed by atoms with Crippen molar-refractivity contribution >= 4 is 5.91 Å². The predicted octanol–water partition coefficient (Wildman–Crippen LogP) is 0.164. The van der Waals surface area contributed by atoms with Crippen molar-refractivity contribution in [2.24, 2.45) is 0 Å². The first-order chi connectivity index (χ1) is 8.52. The number of carbonyl (C=O) groups is 1. The molecule has 0 aromatic rings. The first kappa shape index (κ1) is 15.4. The monoisotopic (exact) mass is 257 g/mol. The summed E-state index contributed by atoms with van der Waals surface area (Å²) in [6.07, 6.45) is 2.48. The van der Waals surface area contributed by atoms with Crippen LogP contribution in [-0.2, 0) is 9.53 Å². The summed E-state index contributed by atoms with van der Waals surface area (Å²) in [5.41, 5.74) is 0. The predicted molar refractivity (Wildman–Crippen MR) is 72.6 cm³/mol. The van der Waals surface area contributed by atoms with E-state index in [1.165, 1.54) is 0 Å². The maximum absolute atomic E-state index is 11.6. The van der Waals surface area contributed by atoms with Crippen molar-refractivity contribution in [1.29, 1.82) is 0 Å². The first-order valence-corrected chi connectivity index (χ1v) is 6.71. The fourth-order valence-corrected chi connectivity index (χ4v) is 2.04. The number of methoxy groups -OCH3 is 1. The molecule has 1 atom stereocenters. The Morgan fingerprint density at radius 1 is 1.44 bits per heavy atom. The number of piperidine rings is 1. The average Bonchev–Trinajstić information content (AvgIpc) is 2.37. The van der Waals surface area contributed by atoms with Gasteiger partial charge in [-0.15, -0.1) is 0 Å². The van der Waals surface area contributed by atoms with Crippen LogP contribution in [0.25, 0.3) is 0 Å². The number of likely N-dealkylation sites (tertiary alicyclic amines) is 1. The van der Waals surface area contributed by atoms with Crippen molar-refractivity contribution in [1.82, 2.24) is 15.1 Å². The normalized spacial score (nSPS) is 19.8. The van der Waals surface area contributed by atoms with Gasteiger partial charge in [0, 0.05) is 46.9 Å². The van der Waals surface area contributed by atoms with Gasteiger partial charge in [0.2, 0.25) is 5.91 Å². The molecule has 0 bridgehead atoms. The van der Waals surface area contributed by atoms with Gasteiger partial charge in [-0.3, -0.25) is 9.69 Å². The quantitative estimate of drug-likeness (QED) is 0.736. The fourth-order valence-electron chi connectivity index (χ4n) is 2.04. The van der Waals surface area contributed by atoms with Gasteiger partial charge in [-0.25, -0.2) is 0 Å². The molecule has 1 aliphatic rings. The molecular weight excluding hydrogens is 230 g/mol. The van der Waals surface area contributed by atoms with Crippen LogP contribution in [0.5, 0.6) is 0 Å². The third-order valence-corrected chi connectivity index (χ3v) is 3.54. The molecular formula is C13H27N3O2. The van der Waals surface area contributed by atoms with Crippen molar-refractivity contribution < 1.29 is 9.53 Å². The first-order valence-electron chi connectivity index (χ1n) is 6.71. The van der Waals surface area contributed by atoms with Gasteiger partial charge in [-0.05, 0) is 19.8 Å². The lowest BCUT2D eigenvalue weighted by molar-refractivity contribution is -0.130. The summed E-state index contributed by atoms with van der Waals surface area (Å²) in [7, 11) is 5.35. The summed E-state index contributed by atoms with van der Waals surface area (Å²) in [5.74, 6) is 0.189. The van der Waals surface area contributed by atoms with Crippen molar-refractivity contribution in [2.45, 2.75) is 31.9 Å². The van der Waals surface area contributed by atoms with E-state index in [1.807, 2.05) is 14.1 Å². The number of hydrogen-bond acceptors (Lipinski definition) is 4. The molecule has 1 aliphatic heterocycles. The molecule has 0 aliphatic carbocycles. The summed E-state index contributed by atoms with van der Waals surface area (Å²) in [4.78, 5) is 15.5. The highest BCUT2D eigenvalue weighted by Gasteiger charge is 2.21. The highest BCUT2D eigenvalue weighted by molar-refractivity contribution is 5.77. The van der Waals surface area contributed by atoms with Crippen molar-refractivity contribution in [3.05, 3.63) is 0 Å². The van der Waals surface area contributed by atoms with Crippen LogP contribution in [0, 0.1) is 0 Å². The van der Waals surface area contributed by atoms with Crippen molar-refractivity contribution in [3.8, 4) is 0 Å². The van der Waals surface area contributed by atoms with Crippen molar-refractivity contribution in [3.63, 3.8) is 0 Å². The van der Waals surface area contributed by atoms with Crippen LogP contribution < -0.4 is 5.32 Å². The van der Waals surface area contributed by atoms with Crippen LogP contribution in [0.15, 0.2) is 0 Å². The number of rotatable bonds is 6. The molecule has 1 rings (SSSR count). The SMILES string of the molecule is COC(C)CNC1CCN(CC(=O)N(C)C)CC1. The molecule has 0 radical (unpaired) electrons. The van der Waals surface area contributed by atoms with Crippen LogP contribution in [0.3, 0.4) is 0 Å². The average molecular weight is 257 g/mol. The highest BCUT2D eigenvalue weighted by Crippen LogP contribution is 2.10. The topological polar surface area (TPSA) is 44.8 Å². The third kappa shape index (κ3) is 5.33. The Morgan fingerprint density at radius 3 is 2.56 bits per heavy atom. The molecule has 1 N–H and O–H groups in total. The third-order valence-electron chi connectivity index (χ3n) is 3.54. The van der Waals surface area contributed by atoms with Gasteiger partial charge >= 0.3 is 0 Å². The van der Waals surface area contributed by atoms with E-state index >= 15 is 0 Å². The largest absolute Gasteiger partial charge is 0.380 e. The van der Waals surface area contributed by atoms with Gasteiger partial charge in [-0.1, -0.05) is 0 Å². The lowest BCUT2D eigenvalue weighted by atomic mass is 10.0.